The van der Waals surface area contributed by atoms with Crippen LogP contribution in [-0.2, 0) is 0 Å². The summed E-state index contributed by atoms with van der Waals surface area (Å²) in [6.07, 6.45) is 0. The molecule has 1 rings (SSSR count). The molecule has 2 N–H and O–H groups in total. The highest BCUT2D eigenvalue weighted by atomic mass is 35.5. The lowest BCUT2D eigenvalue weighted by Crippen LogP contribution is -2.20. The minimum atomic E-state index is -0.147. The van der Waals surface area contributed by atoms with Crippen LogP contribution in [0.25, 0.3) is 0 Å². The normalized spacial score (nSPS) is 9.58. The first-order valence-electron chi connectivity index (χ1n) is 2.75. The smallest absolute Gasteiger partial charge is 0.199 e. The summed E-state index contributed by atoms with van der Waals surface area (Å²) in [6.45, 7) is 0. The van der Waals surface area contributed by atoms with Crippen LogP contribution in [-0.4, -0.2) is 5.11 Å². The molecule has 1 aromatic heterocycles. The molecular formula is C5H3Cl2FN2S2. The Hall–Kier alpha value is -0.100. The van der Waals surface area contributed by atoms with Gasteiger partial charge in [0, 0.05) is 5.38 Å². The van der Waals surface area contributed by atoms with Gasteiger partial charge in [0.1, 0.15) is 4.34 Å². The van der Waals surface area contributed by atoms with Crippen LogP contribution >= 0.6 is 46.8 Å². The minimum absolute atomic E-state index is 0.147. The molecule has 12 heavy (non-hydrogen) atoms. The summed E-state index contributed by atoms with van der Waals surface area (Å²) in [5.74, 6) is 0. The SMILES string of the molecule is FNC(=S)Nc1csc(Cl)c1Cl. The molecule has 0 spiro atoms. The van der Waals surface area contributed by atoms with Crippen molar-refractivity contribution in [3.63, 3.8) is 0 Å². The topological polar surface area (TPSA) is 24.1 Å². The molecule has 1 heterocycles. The summed E-state index contributed by atoms with van der Waals surface area (Å²) in [5, 5.41) is 4.37. The predicted octanol–water partition coefficient (Wildman–Crippen LogP) is 3.23. The first-order chi connectivity index (χ1) is 5.65. The number of halogens is 3. The maximum Gasteiger partial charge on any atom is 0.199 e. The number of nitrogens with one attached hydrogen (secondary N) is 2. The van der Waals surface area contributed by atoms with Crippen LogP contribution in [0.15, 0.2) is 5.38 Å². The van der Waals surface area contributed by atoms with Gasteiger partial charge in [-0.1, -0.05) is 23.2 Å². The van der Waals surface area contributed by atoms with Gasteiger partial charge >= 0.3 is 0 Å². The fourth-order valence-electron chi connectivity index (χ4n) is 0.550. The fraction of sp³-hybridized carbons (Fsp3) is 0. The third kappa shape index (κ3) is 2.20. The molecule has 0 bridgehead atoms. The lowest BCUT2D eigenvalue weighted by molar-refractivity contribution is 0.437. The Morgan fingerprint density at radius 1 is 1.58 bits per heavy atom. The van der Waals surface area contributed by atoms with Crippen molar-refractivity contribution >= 4 is 57.6 Å². The highest BCUT2D eigenvalue weighted by Gasteiger charge is 2.08. The van der Waals surface area contributed by atoms with Crippen molar-refractivity contribution in [2.24, 2.45) is 0 Å². The maximum atomic E-state index is 11.7. The van der Waals surface area contributed by atoms with E-state index >= 15 is 0 Å². The van der Waals surface area contributed by atoms with Gasteiger partial charge in [0.05, 0.1) is 10.7 Å². The van der Waals surface area contributed by atoms with E-state index in [9.17, 15) is 4.48 Å². The summed E-state index contributed by atoms with van der Waals surface area (Å²) in [7, 11) is 0. The van der Waals surface area contributed by atoms with Gasteiger partial charge in [-0.25, -0.2) is 0 Å². The third-order valence-corrected chi connectivity index (χ3v) is 3.02. The van der Waals surface area contributed by atoms with Crippen molar-refractivity contribution in [2.75, 3.05) is 5.32 Å². The van der Waals surface area contributed by atoms with Gasteiger partial charge < -0.3 is 5.32 Å². The minimum Gasteiger partial charge on any atom is -0.329 e. The first-order valence-corrected chi connectivity index (χ1v) is 4.79. The molecule has 0 saturated heterocycles. The van der Waals surface area contributed by atoms with Crippen molar-refractivity contribution in [1.82, 2.24) is 5.54 Å². The van der Waals surface area contributed by atoms with E-state index in [0.717, 1.165) is 0 Å². The Morgan fingerprint density at radius 3 is 2.67 bits per heavy atom. The number of thiocarbonyl (C=S) groups is 1. The van der Waals surface area contributed by atoms with Gasteiger partial charge in [-0.15, -0.1) is 15.8 Å². The molecule has 0 radical (unpaired) electrons. The van der Waals surface area contributed by atoms with Gasteiger partial charge in [-0.2, -0.15) is 5.54 Å². The average molecular weight is 245 g/mol. The van der Waals surface area contributed by atoms with Crippen LogP contribution < -0.4 is 10.9 Å². The summed E-state index contributed by atoms with van der Waals surface area (Å²) in [5.41, 5.74) is 1.77. The number of rotatable bonds is 1. The van der Waals surface area contributed by atoms with Crippen molar-refractivity contribution < 1.29 is 4.48 Å². The van der Waals surface area contributed by atoms with Gasteiger partial charge in [0.15, 0.2) is 5.11 Å². The second-order valence-corrected chi connectivity index (χ2v) is 4.05. The third-order valence-electron chi connectivity index (χ3n) is 1.02. The van der Waals surface area contributed by atoms with Crippen LogP contribution in [0.5, 0.6) is 0 Å². The second kappa shape index (κ2) is 4.23. The average Bonchev–Trinajstić information content (AvgIpc) is 2.36. The van der Waals surface area contributed by atoms with E-state index in [1.165, 1.54) is 16.9 Å². The molecule has 0 atom stereocenters. The van der Waals surface area contributed by atoms with Gasteiger partial charge in [-0.05, 0) is 12.2 Å². The summed E-state index contributed by atoms with van der Waals surface area (Å²) < 4.78 is 12.1. The second-order valence-electron chi connectivity index (χ2n) is 1.79. The van der Waals surface area contributed by atoms with E-state index in [1.54, 1.807) is 5.38 Å². The molecule has 0 amide bonds. The Morgan fingerprint density at radius 2 is 2.25 bits per heavy atom. The van der Waals surface area contributed by atoms with Gasteiger partial charge in [-0.3, -0.25) is 0 Å². The molecule has 66 valence electrons. The van der Waals surface area contributed by atoms with E-state index in [1.807, 2.05) is 0 Å². The molecular weight excluding hydrogens is 242 g/mol. The Kier molecular flexibility index (Phi) is 3.52. The van der Waals surface area contributed by atoms with E-state index in [-0.39, 0.29) is 5.11 Å². The molecule has 0 aliphatic rings. The zero-order valence-corrected chi connectivity index (χ0v) is 8.67. The van der Waals surface area contributed by atoms with Crippen LogP contribution in [0.4, 0.5) is 10.2 Å². The zero-order chi connectivity index (χ0) is 9.14. The zero-order valence-electron chi connectivity index (χ0n) is 5.53. The molecule has 0 saturated carbocycles. The first kappa shape index (κ1) is 9.98. The molecule has 0 aliphatic carbocycles. The number of hydrogen-bond acceptors (Lipinski definition) is 2. The van der Waals surface area contributed by atoms with Crippen molar-refractivity contribution in [1.29, 1.82) is 0 Å². The molecule has 7 heteroatoms. The summed E-state index contributed by atoms with van der Waals surface area (Å²) in [4.78, 5) is 0. The highest BCUT2D eigenvalue weighted by molar-refractivity contribution is 7.80. The number of anilines is 1. The van der Waals surface area contributed by atoms with Crippen molar-refractivity contribution in [2.45, 2.75) is 0 Å². The molecule has 0 unspecified atom stereocenters. The van der Waals surface area contributed by atoms with E-state index in [2.05, 4.69) is 17.5 Å². The lowest BCUT2D eigenvalue weighted by Gasteiger charge is -2.01. The molecule has 0 fully saturated rings. The van der Waals surface area contributed by atoms with Crippen molar-refractivity contribution in [3.8, 4) is 0 Å². The van der Waals surface area contributed by atoms with Gasteiger partial charge in [0.25, 0.3) is 0 Å². The van der Waals surface area contributed by atoms with Crippen LogP contribution in [0.2, 0.25) is 9.36 Å². The highest BCUT2D eigenvalue weighted by Crippen LogP contribution is 2.35. The molecule has 1 aromatic rings. The Bertz CT molecular complexity index is 302. The predicted molar refractivity (Wildman–Crippen MR) is 54.8 cm³/mol. The summed E-state index contributed by atoms with van der Waals surface area (Å²) >= 11 is 17.1. The van der Waals surface area contributed by atoms with E-state index < -0.39 is 0 Å². The molecule has 0 aromatic carbocycles. The van der Waals surface area contributed by atoms with Crippen molar-refractivity contribution in [3.05, 3.63) is 14.7 Å². The summed E-state index contributed by atoms with van der Waals surface area (Å²) in [6, 6.07) is 0. The lowest BCUT2D eigenvalue weighted by atomic mass is 10.5. The molecule has 0 aliphatic heterocycles. The standard InChI is InChI=1S/C5H3Cl2FN2S2/c6-3-2(1-12-4(3)7)9-5(11)10-8/h1H,(H2,9,10,11). The molecule has 2 nitrogen and oxygen atoms in total. The van der Waals surface area contributed by atoms with Gasteiger partial charge in [0.2, 0.25) is 0 Å². The van der Waals surface area contributed by atoms with E-state index in [0.29, 0.717) is 15.0 Å². The van der Waals surface area contributed by atoms with Crippen LogP contribution in [0.1, 0.15) is 0 Å². The monoisotopic (exact) mass is 244 g/mol. The fourth-order valence-corrected chi connectivity index (χ4v) is 1.81. The quantitative estimate of drug-likeness (QED) is 0.586. The maximum absolute atomic E-state index is 11.7. The Balaban J connectivity index is 2.76. The van der Waals surface area contributed by atoms with E-state index in [4.69, 9.17) is 23.2 Å². The number of thiophene rings is 1. The Labute approximate surface area is 87.6 Å². The number of hydrogen-bond donors (Lipinski definition) is 2. The van der Waals surface area contributed by atoms with Crippen LogP contribution in [0.3, 0.4) is 0 Å². The van der Waals surface area contributed by atoms with Crippen LogP contribution in [0, 0.1) is 0 Å². The largest absolute Gasteiger partial charge is 0.329 e.